The largest absolute Gasteiger partial charge is 0.462 e. The Bertz CT molecular complexity index is 1050. The summed E-state index contributed by atoms with van der Waals surface area (Å²) < 4.78 is 16.8. The summed E-state index contributed by atoms with van der Waals surface area (Å²) in [6.07, 6.45) is 63.2. The fraction of sp³-hybridized carbons (Fsp3) is 0.881. The first-order valence-corrected chi connectivity index (χ1v) is 28.9. The van der Waals surface area contributed by atoms with E-state index in [-0.39, 0.29) is 31.1 Å². The number of esters is 3. The number of ether oxygens (including phenoxy) is 3. The molecule has 0 amide bonds. The average molecular weight is 916 g/mol. The highest BCUT2D eigenvalue weighted by Gasteiger charge is 2.19. The molecule has 0 aliphatic heterocycles. The molecular formula is C59H110O6. The first-order chi connectivity index (χ1) is 32.0. The summed E-state index contributed by atoms with van der Waals surface area (Å²) in [5.74, 6) is -0.853. The first kappa shape index (κ1) is 62.9. The number of carbonyl (C=O) groups is 3. The molecule has 0 bridgehead atoms. The van der Waals surface area contributed by atoms with Crippen molar-refractivity contribution in [3.05, 3.63) is 24.3 Å². The summed E-state index contributed by atoms with van der Waals surface area (Å²) in [6, 6.07) is 0. The Balaban J connectivity index is 4.23. The molecule has 0 rings (SSSR count). The van der Waals surface area contributed by atoms with Crippen LogP contribution in [-0.2, 0) is 28.6 Å². The fourth-order valence-electron chi connectivity index (χ4n) is 8.61. The van der Waals surface area contributed by atoms with E-state index in [1.165, 1.54) is 218 Å². The standard InChI is InChI=1S/C59H110O6/c1-4-7-10-13-16-19-21-23-25-27-29-31-33-35-37-40-43-46-49-52-58(61)64-55-56(54-63-57(60)51-48-45-42-39-18-15-12-9-6-3)65-59(62)53-50-47-44-41-38-36-34-32-30-28-26-24-22-20-17-14-11-8-5-2/h16,19,21,23,56H,4-15,17-18,20,22,24-55H2,1-3H3/b19-16-,23-21-. The van der Waals surface area contributed by atoms with Crippen LogP contribution in [0.15, 0.2) is 24.3 Å². The van der Waals surface area contributed by atoms with Gasteiger partial charge in [0.25, 0.3) is 0 Å². The predicted molar refractivity (Wildman–Crippen MR) is 279 cm³/mol. The highest BCUT2D eigenvalue weighted by atomic mass is 16.6. The maximum atomic E-state index is 12.8. The van der Waals surface area contributed by atoms with Crippen LogP contribution >= 0.6 is 0 Å². The van der Waals surface area contributed by atoms with Crippen molar-refractivity contribution >= 4 is 17.9 Å². The van der Waals surface area contributed by atoms with Gasteiger partial charge >= 0.3 is 17.9 Å². The minimum absolute atomic E-state index is 0.0671. The zero-order valence-corrected chi connectivity index (χ0v) is 43.8. The van der Waals surface area contributed by atoms with Crippen LogP contribution < -0.4 is 0 Å². The van der Waals surface area contributed by atoms with Gasteiger partial charge in [-0.2, -0.15) is 0 Å². The highest BCUT2D eigenvalue weighted by Crippen LogP contribution is 2.17. The topological polar surface area (TPSA) is 78.9 Å². The normalized spacial score (nSPS) is 12.1. The van der Waals surface area contributed by atoms with E-state index in [1.54, 1.807) is 0 Å². The molecule has 0 heterocycles. The highest BCUT2D eigenvalue weighted by molar-refractivity contribution is 5.71. The Kier molecular flexibility index (Phi) is 52.7. The van der Waals surface area contributed by atoms with Crippen LogP contribution in [-0.4, -0.2) is 37.2 Å². The van der Waals surface area contributed by atoms with Gasteiger partial charge in [-0.1, -0.05) is 276 Å². The number of carbonyl (C=O) groups excluding carboxylic acids is 3. The predicted octanol–water partition coefficient (Wildman–Crippen LogP) is 19.1. The lowest BCUT2D eigenvalue weighted by Gasteiger charge is -2.18. The van der Waals surface area contributed by atoms with E-state index < -0.39 is 6.10 Å². The Morgan fingerprint density at radius 2 is 0.538 bits per heavy atom. The minimum atomic E-state index is -0.766. The number of rotatable bonds is 53. The van der Waals surface area contributed by atoms with Gasteiger partial charge in [0.05, 0.1) is 0 Å². The van der Waals surface area contributed by atoms with E-state index in [9.17, 15) is 14.4 Å². The van der Waals surface area contributed by atoms with Gasteiger partial charge in [-0.25, -0.2) is 0 Å². The van der Waals surface area contributed by atoms with Gasteiger partial charge in [0.15, 0.2) is 6.10 Å². The van der Waals surface area contributed by atoms with E-state index in [4.69, 9.17) is 14.2 Å². The lowest BCUT2D eigenvalue weighted by atomic mass is 10.0. The van der Waals surface area contributed by atoms with E-state index in [0.29, 0.717) is 19.3 Å². The first-order valence-electron chi connectivity index (χ1n) is 28.9. The van der Waals surface area contributed by atoms with Crippen molar-refractivity contribution in [2.75, 3.05) is 13.2 Å². The van der Waals surface area contributed by atoms with Gasteiger partial charge in [0.1, 0.15) is 13.2 Å². The molecule has 0 fully saturated rings. The molecule has 6 nitrogen and oxygen atoms in total. The van der Waals surface area contributed by atoms with Gasteiger partial charge in [-0.05, 0) is 44.9 Å². The van der Waals surface area contributed by atoms with Crippen LogP contribution in [0.3, 0.4) is 0 Å². The van der Waals surface area contributed by atoms with E-state index >= 15 is 0 Å². The number of allylic oxidation sites excluding steroid dienone is 4. The second-order valence-electron chi connectivity index (χ2n) is 19.6. The van der Waals surface area contributed by atoms with Gasteiger partial charge in [-0.15, -0.1) is 0 Å². The molecular weight excluding hydrogens is 805 g/mol. The zero-order chi connectivity index (χ0) is 47.2. The van der Waals surface area contributed by atoms with Crippen molar-refractivity contribution in [3.63, 3.8) is 0 Å². The molecule has 0 aromatic heterocycles. The van der Waals surface area contributed by atoms with Crippen LogP contribution in [0.5, 0.6) is 0 Å². The number of unbranched alkanes of at least 4 members (excludes halogenated alkanes) is 39. The summed E-state index contributed by atoms with van der Waals surface area (Å²) >= 11 is 0. The Morgan fingerprint density at radius 1 is 0.308 bits per heavy atom. The summed E-state index contributed by atoms with van der Waals surface area (Å²) in [4.78, 5) is 38.0. The summed E-state index contributed by atoms with van der Waals surface area (Å²) in [5, 5.41) is 0. The summed E-state index contributed by atoms with van der Waals surface area (Å²) in [5.41, 5.74) is 0. The molecule has 65 heavy (non-hydrogen) atoms. The maximum absolute atomic E-state index is 12.8. The Hall–Kier alpha value is -2.11. The number of hydrogen-bond acceptors (Lipinski definition) is 6. The summed E-state index contributed by atoms with van der Waals surface area (Å²) in [6.45, 7) is 6.64. The third-order valence-corrected chi connectivity index (χ3v) is 13.0. The van der Waals surface area contributed by atoms with Gasteiger partial charge in [0, 0.05) is 19.3 Å². The van der Waals surface area contributed by atoms with Gasteiger partial charge in [-0.3, -0.25) is 14.4 Å². The molecule has 0 saturated heterocycles. The van der Waals surface area contributed by atoms with Crippen LogP contribution in [0.4, 0.5) is 0 Å². The van der Waals surface area contributed by atoms with Gasteiger partial charge < -0.3 is 14.2 Å². The molecule has 1 unspecified atom stereocenters. The second kappa shape index (κ2) is 54.5. The van der Waals surface area contributed by atoms with E-state index in [1.807, 2.05) is 0 Å². The lowest BCUT2D eigenvalue weighted by molar-refractivity contribution is -0.167. The third kappa shape index (κ3) is 52.7. The molecule has 0 spiro atoms. The van der Waals surface area contributed by atoms with Crippen molar-refractivity contribution in [1.82, 2.24) is 0 Å². The smallest absolute Gasteiger partial charge is 0.306 e. The SMILES string of the molecule is CCCCC/C=C\C=C/CCCCCCCCCCCCC(=O)OCC(COC(=O)CCCCCCCCCCC)OC(=O)CCCCCCCCCCCCCCCCCCCCC. The van der Waals surface area contributed by atoms with Crippen LogP contribution in [0.25, 0.3) is 0 Å². The molecule has 0 aliphatic rings. The molecule has 0 aromatic carbocycles. The quantitative estimate of drug-likeness (QED) is 0.0262. The molecule has 0 N–H and O–H groups in total. The van der Waals surface area contributed by atoms with Crippen molar-refractivity contribution in [1.29, 1.82) is 0 Å². The zero-order valence-electron chi connectivity index (χ0n) is 43.8. The molecule has 1 atom stereocenters. The molecule has 6 heteroatoms. The van der Waals surface area contributed by atoms with Crippen LogP contribution in [0.2, 0.25) is 0 Å². The molecule has 0 aromatic rings. The molecule has 0 aliphatic carbocycles. The third-order valence-electron chi connectivity index (χ3n) is 13.0. The molecule has 0 saturated carbocycles. The fourth-order valence-corrected chi connectivity index (χ4v) is 8.61. The van der Waals surface area contributed by atoms with Crippen molar-refractivity contribution in [2.24, 2.45) is 0 Å². The van der Waals surface area contributed by atoms with Crippen molar-refractivity contribution in [2.45, 2.75) is 322 Å². The van der Waals surface area contributed by atoms with Crippen molar-refractivity contribution < 1.29 is 28.6 Å². The van der Waals surface area contributed by atoms with Crippen molar-refractivity contribution in [3.8, 4) is 0 Å². The second-order valence-corrected chi connectivity index (χ2v) is 19.6. The average Bonchev–Trinajstić information content (AvgIpc) is 3.30. The Morgan fingerprint density at radius 3 is 0.846 bits per heavy atom. The van der Waals surface area contributed by atoms with Crippen LogP contribution in [0, 0.1) is 0 Å². The van der Waals surface area contributed by atoms with E-state index in [0.717, 1.165) is 57.8 Å². The lowest BCUT2D eigenvalue weighted by Crippen LogP contribution is -2.30. The van der Waals surface area contributed by atoms with Gasteiger partial charge in [0.2, 0.25) is 0 Å². The summed E-state index contributed by atoms with van der Waals surface area (Å²) in [7, 11) is 0. The maximum Gasteiger partial charge on any atom is 0.306 e. The van der Waals surface area contributed by atoms with E-state index in [2.05, 4.69) is 45.1 Å². The molecule has 0 radical (unpaired) electrons. The number of hydrogen-bond donors (Lipinski definition) is 0. The molecule has 382 valence electrons. The minimum Gasteiger partial charge on any atom is -0.462 e. The monoisotopic (exact) mass is 915 g/mol. The van der Waals surface area contributed by atoms with Crippen LogP contribution in [0.1, 0.15) is 316 Å². The Labute approximate surface area is 404 Å².